The SMILES string of the molecule is COC(=O)c1cccc(NC(=O)CC(=O)Nc2c(C(C)C)cccc2C(C)C)c1. The Bertz CT molecular complexity index is 877. The number of rotatable bonds is 7. The predicted molar refractivity (Wildman–Crippen MR) is 114 cm³/mol. The van der Waals surface area contributed by atoms with E-state index in [0.29, 0.717) is 11.3 Å². The van der Waals surface area contributed by atoms with Crippen LogP contribution in [-0.4, -0.2) is 24.9 Å². The van der Waals surface area contributed by atoms with Gasteiger partial charge in [-0.1, -0.05) is 52.0 Å². The highest BCUT2D eigenvalue weighted by Gasteiger charge is 2.18. The van der Waals surface area contributed by atoms with Crippen molar-refractivity contribution in [2.24, 2.45) is 0 Å². The summed E-state index contributed by atoms with van der Waals surface area (Å²) in [6.45, 7) is 8.26. The number of nitrogens with one attached hydrogen (secondary N) is 2. The zero-order valence-electron chi connectivity index (χ0n) is 17.5. The third kappa shape index (κ3) is 5.91. The molecule has 0 atom stereocenters. The fourth-order valence-electron chi connectivity index (χ4n) is 3.07. The van der Waals surface area contributed by atoms with Gasteiger partial charge >= 0.3 is 5.97 Å². The number of esters is 1. The molecule has 2 N–H and O–H groups in total. The minimum Gasteiger partial charge on any atom is -0.465 e. The minimum atomic E-state index is -0.495. The molecule has 6 heteroatoms. The number of amides is 2. The van der Waals surface area contributed by atoms with Gasteiger partial charge in [-0.2, -0.15) is 0 Å². The second kappa shape index (κ2) is 9.87. The Kier molecular flexibility index (Phi) is 7.53. The summed E-state index contributed by atoms with van der Waals surface area (Å²) in [4.78, 5) is 36.5. The third-order valence-corrected chi connectivity index (χ3v) is 4.53. The second-order valence-corrected chi connectivity index (χ2v) is 7.47. The first-order valence-electron chi connectivity index (χ1n) is 9.63. The van der Waals surface area contributed by atoms with Crippen LogP contribution in [0.1, 0.15) is 67.4 Å². The number of hydrogen-bond donors (Lipinski definition) is 2. The molecule has 2 aromatic carbocycles. The van der Waals surface area contributed by atoms with E-state index in [0.717, 1.165) is 16.8 Å². The fraction of sp³-hybridized carbons (Fsp3) is 0.348. The molecule has 0 spiro atoms. The summed E-state index contributed by atoms with van der Waals surface area (Å²) in [7, 11) is 1.29. The van der Waals surface area contributed by atoms with Gasteiger partial charge in [0.1, 0.15) is 6.42 Å². The summed E-state index contributed by atoms with van der Waals surface area (Å²) in [6, 6.07) is 12.3. The van der Waals surface area contributed by atoms with Crippen LogP contribution in [0.25, 0.3) is 0 Å². The van der Waals surface area contributed by atoms with E-state index < -0.39 is 11.9 Å². The van der Waals surface area contributed by atoms with E-state index in [1.807, 2.05) is 18.2 Å². The molecule has 0 bridgehead atoms. The first-order chi connectivity index (χ1) is 13.7. The number of para-hydroxylation sites is 1. The average Bonchev–Trinajstić information content (AvgIpc) is 2.67. The molecule has 0 fully saturated rings. The van der Waals surface area contributed by atoms with Gasteiger partial charge in [0.2, 0.25) is 11.8 Å². The van der Waals surface area contributed by atoms with E-state index in [1.54, 1.807) is 18.2 Å². The van der Waals surface area contributed by atoms with E-state index in [2.05, 4.69) is 43.1 Å². The second-order valence-electron chi connectivity index (χ2n) is 7.47. The van der Waals surface area contributed by atoms with Gasteiger partial charge in [0.25, 0.3) is 0 Å². The van der Waals surface area contributed by atoms with E-state index in [4.69, 9.17) is 0 Å². The van der Waals surface area contributed by atoms with Gasteiger partial charge < -0.3 is 15.4 Å². The molecule has 29 heavy (non-hydrogen) atoms. The molecular weight excluding hydrogens is 368 g/mol. The number of anilines is 2. The van der Waals surface area contributed by atoms with Gasteiger partial charge in [-0.25, -0.2) is 4.79 Å². The Morgan fingerprint density at radius 2 is 1.41 bits per heavy atom. The molecule has 6 nitrogen and oxygen atoms in total. The van der Waals surface area contributed by atoms with Crippen molar-refractivity contribution in [1.82, 2.24) is 0 Å². The predicted octanol–water partition coefficient (Wildman–Crippen LogP) is 4.69. The van der Waals surface area contributed by atoms with E-state index in [1.165, 1.54) is 13.2 Å². The number of hydrogen-bond acceptors (Lipinski definition) is 4. The molecule has 0 aliphatic heterocycles. The number of carbonyl (C=O) groups is 3. The number of ether oxygens (including phenoxy) is 1. The summed E-state index contributed by atoms with van der Waals surface area (Å²) in [6.07, 6.45) is -0.327. The Labute approximate surface area is 171 Å². The standard InChI is InChI=1S/C23H28N2O4/c1-14(2)18-10-7-11-19(15(3)4)22(18)25-21(27)13-20(26)24-17-9-6-8-16(12-17)23(28)29-5/h6-12,14-15H,13H2,1-5H3,(H,24,26)(H,25,27). The van der Waals surface area contributed by atoms with Gasteiger partial charge in [-0.15, -0.1) is 0 Å². The Balaban J connectivity index is 2.10. The Morgan fingerprint density at radius 3 is 1.97 bits per heavy atom. The lowest BCUT2D eigenvalue weighted by Crippen LogP contribution is -2.23. The fourth-order valence-corrected chi connectivity index (χ4v) is 3.07. The van der Waals surface area contributed by atoms with Crippen LogP contribution in [0, 0.1) is 0 Å². The van der Waals surface area contributed by atoms with Crippen molar-refractivity contribution in [2.45, 2.75) is 46.0 Å². The van der Waals surface area contributed by atoms with Crippen molar-refractivity contribution in [3.05, 3.63) is 59.2 Å². The molecule has 0 heterocycles. The van der Waals surface area contributed by atoms with Crippen molar-refractivity contribution in [3.8, 4) is 0 Å². The molecule has 0 saturated carbocycles. The Hall–Kier alpha value is -3.15. The van der Waals surface area contributed by atoms with Gasteiger partial charge in [-0.3, -0.25) is 9.59 Å². The van der Waals surface area contributed by atoms with Gasteiger partial charge in [-0.05, 0) is 41.2 Å². The van der Waals surface area contributed by atoms with Crippen molar-refractivity contribution in [3.63, 3.8) is 0 Å². The van der Waals surface area contributed by atoms with Crippen LogP contribution in [0.15, 0.2) is 42.5 Å². The summed E-state index contributed by atoms with van der Waals surface area (Å²) in [5.74, 6) is -0.873. The number of benzene rings is 2. The maximum absolute atomic E-state index is 12.5. The van der Waals surface area contributed by atoms with Crippen LogP contribution >= 0.6 is 0 Å². The highest BCUT2D eigenvalue weighted by atomic mass is 16.5. The van der Waals surface area contributed by atoms with Crippen LogP contribution in [0.2, 0.25) is 0 Å². The van der Waals surface area contributed by atoms with Crippen LogP contribution in [0.4, 0.5) is 11.4 Å². The van der Waals surface area contributed by atoms with Crippen molar-refractivity contribution in [1.29, 1.82) is 0 Å². The van der Waals surface area contributed by atoms with Crippen molar-refractivity contribution >= 4 is 29.2 Å². The summed E-state index contributed by atoms with van der Waals surface area (Å²) in [5.41, 5.74) is 3.60. The lowest BCUT2D eigenvalue weighted by molar-refractivity contribution is -0.123. The van der Waals surface area contributed by atoms with E-state index >= 15 is 0 Å². The molecule has 2 aromatic rings. The van der Waals surface area contributed by atoms with Crippen molar-refractivity contribution < 1.29 is 19.1 Å². The minimum absolute atomic E-state index is 0.235. The highest BCUT2D eigenvalue weighted by Crippen LogP contribution is 2.32. The van der Waals surface area contributed by atoms with Gasteiger partial charge in [0.15, 0.2) is 0 Å². The molecule has 0 unspecified atom stereocenters. The van der Waals surface area contributed by atoms with Crippen LogP contribution in [0.3, 0.4) is 0 Å². The van der Waals surface area contributed by atoms with Crippen LogP contribution in [0.5, 0.6) is 0 Å². The zero-order valence-corrected chi connectivity index (χ0v) is 17.5. The molecule has 0 saturated heterocycles. The highest BCUT2D eigenvalue weighted by molar-refractivity contribution is 6.08. The summed E-state index contributed by atoms with van der Waals surface area (Å²) < 4.78 is 4.67. The van der Waals surface area contributed by atoms with Crippen LogP contribution < -0.4 is 10.6 Å². The largest absolute Gasteiger partial charge is 0.465 e. The molecule has 0 aromatic heterocycles. The number of carbonyl (C=O) groups excluding carboxylic acids is 3. The number of methoxy groups -OCH3 is 1. The van der Waals surface area contributed by atoms with Crippen molar-refractivity contribution in [2.75, 3.05) is 17.7 Å². The van der Waals surface area contributed by atoms with Crippen LogP contribution in [-0.2, 0) is 14.3 Å². The molecular formula is C23H28N2O4. The molecule has 0 aliphatic carbocycles. The smallest absolute Gasteiger partial charge is 0.337 e. The zero-order chi connectivity index (χ0) is 21.6. The summed E-state index contributed by atoms with van der Waals surface area (Å²) >= 11 is 0. The maximum Gasteiger partial charge on any atom is 0.337 e. The first kappa shape index (κ1) is 22.1. The lowest BCUT2D eigenvalue weighted by Gasteiger charge is -2.20. The lowest BCUT2D eigenvalue weighted by atomic mass is 9.92. The van der Waals surface area contributed by atoms with Gasteiger partial charge in [0, 0.05) is 11.4 Å². The first-order valence-corrected chi connectivity index (χ1v) is 9.63. The average molecular weight is 396 g/mol. The molecule has 2 amide bonds. The third-order valence-electron chi connectivity index (χ3n) is 4.53. The summed E-state index contributed by atoms with van der Waals surface area (Å²) in [5, 5.41) is 5.57. The maximum atomic E-state index is 12.5. The van der Waals surface area contributed by atoms with Gasteiger partial charge in [0.05, 0.1) is 12.7 Å². The van der Waals surface area contributed by atoms with E-state index in [9.17, 15) is 14.4 Å². The topological polar surface area (TPSA) is 84.5 Å². The molecule has 154 valence electrons. The van der Waals surface area contributed by atoms with E-state index in [-0.39, 0.29) is 24.2 Å². The monoisotopic (exact) mass is 396 g/mol. The normalized spacial score (nSPS) is 10.7. The Morgan fingerprint density at radius 1 is 0.862 bits per heavy atom. The molecule has 0 aliphatic rings. The molecule has 2 rings (SSSR count). The molecule has 0 radical (unpaired) electrons. The quantitative estimate of drug-likeness (QED) is 0.525.